The number of ketones is 1. The monoisotopic (exact) mass is 219 g/mol. The topological polar surface area (TPSA) is 98.1 Å². The highest BCUT2D eigenvalue weighted by Crippen LogP contribution is 2.02. The second-order valence-electron chi connectivity index (χ2n) is 3.45. The minimum Gasteiger partial charge on any atom is -0.394 e. The third-order valence-corrected chi connectivity index (χ3v) is 1.97. The van der Waals surface area contributed by atoms with Crippen molar-refractivity contribution >= 4 is 11.7 Å². The molecular weight excluding hydrogens is 202 g/mol. The molecular formula is C9H17NO5. The minimum atomic E-state index is -1.62. The zero-order valence-corrected chi connectivity index (χ0v) is 8.88. The van der Waals surface area contributed by atoms with E-state index in [2.05, 4.69) is 0 Å². The van der Waals surface area contributed by atoms with Crippen LogP contribution >= 0.6 is 0 Å². The Labute approximate surface area is 88.1 Å². The number of hydrogen-bond donors (Lipinski definition) is 3. The van der Waals surface area contributed by atoms with Crippen LogP contribution in [0.15, 0.2) is 0 Å². The standard InChI is InChI=1S/C9H17NO5/c1-10(2)8(14)4-3-6(12)9(15)7(13)5-11/h7,9,11,13,15H,3-5H2,1-2H3/t7-,9-/m1/s1. The van der Waals surface area contributed by atoms with Gasteiger partial charge >= 0.3 is 0 Å². The van der Waals surface area contributed by atoms with Crippen LogP contribution in [-0.4, -0.2) is 64.8 Å². The Hall–Kier alpha value is -0.980. The number of nitrogens with zero attached hydrogens (tertiary/aromatic N) is 1. The van der Waals surface area contributed by atoms with Gasteiger partial charge in [0, 0.05) is 26.9 Å². The molecule has 0 aliphatic rings. The van der Waals surface area contributed by atoms with E-state index in [0.29, 0.717) is 0 Å². The molecule has 0 heterocycles. The molecule has 0 unspecified atom stereocenters. The zero-order chi connectivity index (χ0) is 12.0. The molecule has 6 nitrogen and oxygen atoms in total. The van der Waals surface area contributed by atoms with Gasteiger partial charge in [-0.3, -0.25) is 9.59 Å². The molecule has 0 aliphatic carbocycles. The van der Waals surface area contributed by atoms with Crippen molar-refractivity contribution in [1.29, 1.82) is 0 Å². The van der Waals surface area contributed by atoms with Crippen molar-refractivity contribution in [2.45, 2.75) is 25.0 Å². The first-order valence-corrected chi connectivity index (χ1v) is 4.60. The van der Waals surface area contributed by atoms with Crippen molar-refractivity contribution in [2.75, 3.05) is 20.7 Å². The number of aliphatic hydroxyl groups excluding tert-OH is 3. The van der Waals surface area contributed by atoms with E-state index in [1.54, 1.807) is 14.1 Å². The lowest BCUT2D eigenvalue weighted by Gasteiger charge is -2.15. The van der Waals surface area contributed by atoms with Gasteiger partial charge in [0.05, 0.1) is 6.61 Å². The first kappa shape index (κ1) is 14.0. The van der Waals surface area contributed by atoms with E-state index in [4.69, 9.17) is 15.3 Å². The summed E-state index contributed by atoms with van der Waals surface area (Å²) in [4.78, 5) is 23.6. The van der Waals surface area contributed by atoms with Crippen molar-refractivity contribution in [3.8, 4) is 0 Å². The van der Waals surface area contributed by atoms with Crippen LogP contribution in [0.1, 0.15) is 12.8 Å². The predicted octanol–water partition coefficient (Wildman–Crippen LogP) is -1.86. The summed E-state index contributed by atoms with van der Waals surface area (Å²) < 4.78 is 0. The number of amides is 1. The third kappa shape index (κ3) is 4.87. The van der Waals surface area contributed by atoms with Crippen molar-refractivity contribution in [1.82, 2.24) is 4.90 Å². The van der Waals surface area contributed by atoms with Gasteiger partial charge in [-0.15, -0.1) is 0 Å². The summed E-state index contributed by atoms with van der Waals surface area (Å²) >= 11 is 0. The second kappa shape index (κ2) is 6.49. The Bertz CT molecular complexity index is 229. The van der Waals surface area contributed by atoms with E-state index >= 15 is 0 Å². The maximum Gasteiger partial charge on any atom is 0.222 e. The van der Waals surface area contributed by atoms with Gasteiger partial charge in [-0.25, -0.2) is 0 Å². The van der Waals surface area contributed by atoms with Crippen LogP contribution in [0.4, 0.5) is 0 Å². The normalized spacial score (nSPS) is 14.5. The number of aliphatic hydroxyl groups is 3. The fraction of sp³-hybridized carbons (Fsp3) is 0.778. The number of Topliss-reactive ketones (excluding diaryl/α,β-unsaturated/α-hetero) is 1. The van der Waals surface area contributed by atoms with Gasteiger partial charge in [0.15, 0.2) is 5.78 Å². The molecule has 15 heavy (non-hydrogen) atoms. The van der Waals surface area contributed by atoms with E-state index in [1.807, 2.05) is 0 Å². The van der Waals surface area contributed by atoms with Gasteiger partial charge in [0.1, 0.15) is 12.2 Å². The van der Waals surface area contributed by atoms with Crippen LogP contribution in [0.2, 0.25) is 0 Å². The van der Waals surface area contributed by atoms with Crippen molar-refractivity contribution < 1.29 is 24.9 Å². The summed E-state index contributed by atoms with van der Waals surface area (Å²) in [6.07, 6.45) is -3.26. The Morgan fingerprint density at radius 2 is 1.73 bits per heavy atom. The van der Waals surface area contributed by atoms with Gasteiger partial charge in [-0.1, -0.05) is 0 Å². The van der Waals surface area contributed by atoms with Crippen LogP contribution in [0.3, 0.4) is 0 Å². The Morgan fingerprint density at radius 3 is 2.13 bits per heavy atom. The quantitative estimate of drug-likeness (QED) is 0.486. The Balaban J connectivity index is 3.99. The second-order valence-corrected chi connectivity index (χ2v) is 3.45. The summed E-state index contributed by atoms with van der Waals surface area (Å²) in [5.74, 6) is -0.874. The number of rotatable bonds is 6. The summed E-state index contributed by atoms with van der Waals surface area (Å²) in [7, 11) is 3.12. The van der Waals surface area contributed by atoms with Crippen LogP contribution in [-0.2, 0) is 9.59 Å². The van der Waals surface area contributed by atoms with Crippen LogP contribution < -0.4 is 0 Å². The Kier molecular flexibility index (Phi) is 6.07. The van der Waals surface area contributed by atoms with Crippen molar-refractivity contribution in [2.24, 2.45) is 0 Å². The molecule has 1 amide bonds. The summed E-state index contributed by atoms with van der Waals surface area (Å²) in [6, 6.07) is 0. The van der Waals surface area contributed by atoms with E-state index in [9.17, 15) is 9.59 Å². The number of carbonyl (C=O) groups excluding carboxylic acids is 2. The Morgan fingerprint density at radius 1 is 1.20 bits per heavy atom. The maximum absolute atomic E-state index is 11.2. The molecule has 2 atom stereocenters. The van der Waals surface area contributed by atoms with Crippen LogP contribution in [0, 0.1) is 0 Å². The average Bonchev–Trinajstić information content (AvgIpc) is 2.22. The lowest BCUT2D eigenvalue weighted by Crippen LogP contribution is -2.37. The molecule has 0 aromatic rings. The van der Waals surface area contributed by atoms with Crippen LogP contribution in [0.5, 0.6) is 0 Å². The molecule has 3 N–H and O–H groups in total. The van der Waals surface area contributed by atoms with E-state index < -0.39 is 24.6 Å². The van der Waals surface area contributed by atoms with Gasteiger partial charge in [0.2, 0.25) is 5.91 Å². The molecule has 0 saturated carbocycles. The zero-order valence-electron chi connectivity index (χ0n) is 8.88. The first-order valence-electron chi connectivity index (χ1n) is 4.60. The molecule has 0 aromatic heterocycles. The number of hydrogen-bond acceptors (Lipinski definition) is 5. The van der Waals surface area contributed by atoms with E-state index in [0.717, 1.165) is 0 Å². The lowest BCUT2D eigenvalue weighted by molar-refractivity contribution is -0.137. The number of carbonyl (C=O) groups is 2. The summed E-state index contributed by atoms with van der Waals surface area (Å²) in [6.45, 7) is -0.686. The molecule has 0 rings (SSSR count). The lowest BCUT2D eigenvalue weighted by atomic mass is 10.1. The van der Waals surface area contributed by atoms with E-state index in [-0.39, 0.29) is 18.7 Å². The third-order valence-electron chi connectivity index (χ3n) is 1.97. The maximum atomic E-state index is 11.2. The van der Waals surface area contributed by atoms with Gasteiger partial charge in [0.25, 0.3) is 0 Å². The molecule has 0 saturated heterocycles. The van der Waals surface area contributed by atoms with E-state index in [1.165, 1.54) is 4.90 Å². The minimum absolute atomic E-state index is 0.0129. The van der Waals surface area contributed by atoms with Crippen molar-refractivity contribution in [3.05, 3.63) is 0 Å². The van der Waals surface area contributed by atoms with Gasteiger partial charge < -0.3 is 20.2 Å². The largest absolute Gasteiger partial charge is 0.394 e. The highest BCUT2D eigenvalue weighted by atomic mass is 16.4. The SMILES string of the molecule is CN(C)C(=O)CCC(=O)[C@@H](O)[C@H](O)CO. The van der Waals surface area contributed by atoms with Gasteiger partial charge in [-0.05, 0) is 0 Å². The first-order chi connectivity index (χ1) is 6.90. The molecule has 6 heteroatoms. The molecule has 0 spiro atoms. The highest BCUT2D eigenvalue weighted by Gasteiger charge is 2.23. The fourth-order valence-electron chi connectivity index (χ4n) is 0.916. The molecule has 0 bridgehead atoms. The molecule has 0 fully saturated rings. The van der Waals surface area contributed by atoms with Crippen LogP contribution in [0.25, 0.3) is 0 Å². The average molecular weight is 219 g/mol. The molecule has 0 aliphatic heterocycles. The fourth-order valence-corrected chi connectivity index (χ4v) is 0.916. The highest BCUT2D eigenvalue weighted by molar-refractivity contribution is 5.87. The van der Waals surface area contributed by atoms with Crippen molar-refractivity contribution in [3.63, 3.8) is 0 Å². The summed E-state index contributed by atoms with van der Waals surface area (Å²) in [5, 5.41) is 26.6. The predicted molar refractivity (Wildman–Crippen MR) is 52.0 cm³/mol. The molecule has 0 radical (unpaired) electrons. The summed E-state index contributed by atoms with van der Waals surface area (Å²) in [5.41, 5.74) is 0. The van der Waals surface area contributed by atoms with Gasteiger partial charge in [-0.2, -0.15) is 0 Å². The molecule has 0 aromatic carbocycles. The molecule has 88 valence electrons. The smallest absolute Gasteiger partial charge is 0.222 e.